The second-order valence-corrected chi connectivity index (χ2v) is 6.65. The second kappa shape index (κ2) is 4.64. The van der Waals surface area contributed by atoms with E-state index >= 15 is 0 Å². The first-order chi connectivity index (χ1) is 8.74. The van der Waals surface area contributed by atoms with E-state index in [4.69, 9.17) is 4.74 Å². The first-order valence-corrected chi connectivity index (χ1v) is 6.66. The van der Waals surface area contributed by atoms with Crippen LogP contribution in [0.1, 0.15) is 37.5 Å². The fourth-order valence-electron chi connectivity index (χ4n) is 2.37. The number of hydrogen-bond donors (Lipinski definition) is 1. The van der Waals surface area contributed by atoms with Crippen molar-refractivity contribution in [2.75, 3.05) is 13.2 Å². The Balaban J connectivity index is 2.25. The zero-order valence-corrected chi connectivity index (χ0v) is 12.1. The lowest BCUT2D eigenvalue weighted by atomic mass is 9.77. The SMILES string of the molecule is Cc1cc(C(C)(C)C)ccc1CC1(C(=O)O)COC1. The lowest BCUT2D eigenvalue weighted by Crippen LogP contribution is -2.50. The summed E-state index contributed by atoms with van der Waals surface area (Å²) in [4.78, 5) is 11.4. The summed E-state index contributed by atoms with van der Waals surface area (Å²) in [6, 6.07) is 6.35. The second-order valence-electron chi connectivity index (χ2n) is 6.65. The van der Waals surface area contributed by atoms with Gasteiger partial charge in [-0.2, -0.15) is 0 Å². The molecule has 1 fully saturated rings. The number of rotatable bonds is 3. The number of hydrogen-bond acceptors (Lipinski definition) is 2. The number of carboxylic acid groups (broad SMARTS) is 1. The van der Waals surface area contributed by atoms with Crippen LogP contribution < -0.4 is 0 Å². The molecule has 2 rings (SSSR count). The molecule has 1 aromatic carbocycles. The number of carboxylic acids is 1. The van der Waals surface area contributed by atoms with Gasteiger partial charge in [0.1, 0.15) is 5.41 Å². The van der Waals surface area contributed by atoms with Crippen molar-refractivity contribution < 1.29 is 14.6 Å². The third kappa shape index (κ3) is 2.66. The normalized spacial score (nSPS) is 17.9. The minimum Gasteiger partial charge on any atom is -0.481 e. The number of aliphatic carboxylic acids is 1. The molecule has 0 atom stereocenters. The largest absolute Gasteiger partial charge is 0.481 e. The van der Waals surface area contributed by atoms with Gasteiger partial charge >= 0.3 is 5.97 Å². The summed E-state index contributed by atoms with van der Waals surface area (Å²) in [6.07, 6.45) is 0.554. The maximum Gasteiger partial charge on any atom is 0.314 e. The van der Waals surface area contributed by atoms with Crippen LogP contribution in [0.3, 0.4) is 0 Å². The maximum absolute atomic E-state index is 11.4. The van der Waals surface area contributed by atoms with E-state index < -0.39 is 11.4 Å². The van der Waals surface area contributed by atoms with Gasteiger partial charge in [0.05, 0.1) is 13.2 Å². The Morgan fingerprint density at radius 1 is 1.37 bits per heavy atom. The summed E-state index contributed by atoms with van der Waals surface area (Å²) in [7, 11) is 0. The van der Waals surface area contributed by atoms with E-state index in [-0.39, 0.29) is 5.41 Å². The lowest BCUT2D eigenvalue weighted by Gasteiger charge is -2.37. The van der Waals surface area contributed by atoms with Crippen LogP contribution in [0.4, 0.5) is 0 Å². The van der Waals surface area contributed by atoms with Gasteiger partial charge in [-0.1, -0.05) is 39.0 Å². The van der Waals surface area contributed by atoms with Crippen molar-refractivity contribution in [1.29, 1.82) is 0 Å². The van der Waals surface area contributed by atoms with Crippen molar-refractivity contribution in [3.8, 4) is 0 Å². The van der Waals surface area contributed by atoms with Gasteiger partial charge in [0.25, 0.3) is 0 Å². The van der Waals surface area contributed by atoms with E-state index in [1.807, 2.05) is 0 Å². The molecule has 0 unspecified atom stereocenters. The molecule has 1 saturated heterocycles. The van der Waals surface area contributed by atoms with E-state index in [9.17, 15) is 9.90 Å². The molecule has 1 aliphatic rings. The lowest BCUT2D eigenvalue weighted by molar-refractivity contribution is -0.179. The Morgan fingerprint density at radius 3 is 2.37 bits per heavy atom. The summed E-state index contributed by atoms with van der Waals surface area (Å²) in [6.45, 7) is 9.24. The maximum atomic E-state index is 11.4. The Kier molecular flexibility index (Phi) is 3.43. The fourth-order valence-corrected chi connectivity index (χ4v) is 2.37. The minimum absolute atomic E-state index is 0.118. The predicted molar refractivity (Wildman–Crippen MR) is 74.5 cm³/mol. The molecule has 0 amide bonds. The quantitative estimate of drug-likeness (QED) is 0.911. The molecular formula is C16H22O3. The van der Waals surface area contributed by atoms with Gasteiger partial charge in [0, 0.05) is 0 Å². The zero-order valence-electron chi connectivity index (χ0n) is 12.1. The van der Waals surface area contributed by atoms with Crippen molar-refractivity contribution in [2.24, 2.45) is 5.41 Å². The Morgan fingerprint density at radius 2 is 2.00 bits per heavy atom. The molecule has 3 heteroatoms. The van der Waals surface area contributed by atoms with Gasteiger partial charge in [0.2, 0.25) is 0 Å². The van der Waals surface area contributed by atoms with E-state index in [0.29, 0.717) is 19.6 Å². The Labute approximate surface area is 114 Å². The average Bonchev–Trinajstić information content (AvgIpc) is 2.23. The highest BCUT2D eigenvalue weighted by molar-refractivity contribution is 5.76. The van der Waals surface area contributed by atoms with Gasteiger partial charge in [-0.15, -0.1) is 0 Å². The predicted octanol–water partition coefficient (Wildman–Crippen LogP) is 2.94. The van der Waals surface area contributed by atoms with Crippen LogP contribution in [-0.4, -0.2) is 24.3 Å². The molecule has 0 bridgehead atoms. The van der Waals surface area contributed by atoms with Gasteiger partial charge in [0.15, 0.2) is 0 Å². The molecule has 1 heterocycles. The molecule has 0 saturated carbocycles. The summed E-state index contributed by atoms with van der Waals surface area (Å²) in [5.41, 5.74) is 2.96. The van der Waals surface area contributed by atoms with Crippen molar-refractivity contribution in [3.63, 3.8) is 0 Å². The van der Waals surface area contributed by atoms with Crippen LogP contribution in [0.25, 0.3) is 0 Å². The van der Waals surface area contributed by atoms with E-state index in [1.165, 1.54) is 11.1 Å². The third-order valence-electron chi connectivity index (χ3n) is 3.95. The topological polar surface area (TPSA) is 46.5 Å². The van der Waals surface area contributed by atoms with Crippen LogP contribution in [0.15, 0.2) is 18.2 Å². The molecule has 1 aliphatic heterocycles. The van der Waals surface area contributed by atoms with Crippen LogP contribution in [0.2, 0.25) is 0 Å². The number of ether oxygens (including phenoxy) is 1. The van der Waals surface area contributed by atoms with Gasteiger partial charge in [-0.05, 0) is 35.4 Å². The van der Waals surface area contributed by atoms with Crippen LogP contribution in [0, 0.1) is 12.3 Å². The first kappa shape index (κ1) is 14.1. The minimum atomic E-state index is -0.752. The smallest absolute Gasteiger partial charge is 0.314 e. The van der Waals surface area contributed by atoms with Crippen LogP contribution >= 0.6 is 0 Å². The van der Waals surface area contributed by atoms with Crippen LogP contribution in [-0.2, 0) is 21.4 Å². The Bertz CT molecular complexity index is 493. The highest BCUT2D eigenvalue weighted by Crippen LogP contribution is 2.34. The molecule has 0 radical (unpaired) electrons. The number of aryl methyl sites for hydroxylation is 1. The van der Waals surface area contributed by atoms with Crippen molar-refractivity contribution in [1.82, 2.24) is 0 Å². The molecule has 0 spiro atoms. The molecule has 3 nitrogen and oxygen atoms in total. The highest BCUT2D eigenvalue weighted by atomic mass is 16.5. The molecule has 104 valence electrons. The van der Waals surface area contributed by atoms with Crippen LogP contribution in [0.5, 0.6) is 0 Å². The third-order valence-corrected chi connectivity index (χ3v) is 3.95. The fraction of sp³-hybridized carbons (Fsp3) is 0.562. The van der Waals surface area contributed by atoms with E-state index in [1.54, 1.807) is 0 Å². The Hall–Kier alpha value is -1.35. The van der Waals surface area contributed by atoms with Gasteiger partial charge < -0.3 is 9.84 Å². The first-order valence-electron chi connectivity index (χ1n) is 6.66. The molecule has 1 N–H and O–H groups in total. The molecule has 0 aromatic heterocycles. The van der Waals surface area contributed by atoms with Gasteiger partial charge in [-0.3, -0.25) is 4.79 Å². The molecule has 19 heavy (non-hydrogen) atoms. The number of benzene rings is 1. The average molecular weight is 262 g/mol. The number of carbonyl (C=O) groups is 1. The highest BCUT2D eigenvalue weighted by Gasteiger charge is 2.46. The molecule has 0 aliphatic carbocycles. The van der Waals surface area contributed by atoms with Crippen molar-refractivity contribution in [2.45, 2.75) is 39.5 Å². The molecular weight excluding hydrogens is 240 g/mol. The zero-order chi connectivity index (χ0) is 14.3. The summed E-state index contributed by atoms with van der Waals surface area (Å²) in [5.74, 6) is -0.752. The summed E-state index contributed by atoms with van der Waals surface area (Å²) in [5, 5.41) is 9.34. The van der Waals surface area contributed by atoms with Crippen molar-refractivity contribution >= 4 is 5.97 Å². The van der Waals surface area contributed by atoms with E-state index in [0.717, 1.165) is 5.56 Å². The monoisotopic (exact) mass is 262 g/mol. The molecule has 1 aromatic rings. The summed E-state index contributed by atoms with van der Waals surface area (Å²) >= 11 is 0. The van der Waals surface area contributed by atoms with E-state index in [2.05, 4.69) is 45.9 Å². The van der Waals surface area contributed by atoms with Crippen molar-refractivity contribution in [3.05, 3.63) is 34.9 Å². The standard InChI is InChI=1S/C16H22O3/c1-11-7-13(15(2,3)4)6-5-12(11)8-16(14(17)18)9-19-10-16/h5-7H,8-10H2,1-4H3,(H,17,18). The van der Waals surface area contributed by atoms with Gasteiger partial charge in [-0.25, -0.2) is 0 Å². The summed E-state index contributed by atoms with van der Waals surface area (Å²) < 4.78 is 5.11.